The fourth-order valence-electron chi connectivity index (χ4n) is 3.17. The monoisotopic (exact) mass is 384 g/mol. The van der Waals surface area contributed by atoms with Crippen molar-refractivity contribution in [3.63, 3.8) is 0 Å². The smallest absolute Gasteiger partial charge is 0.227 e. The van der Waals surface area contributed by atoms with Gasteiger partial charge in [0.15, 0.2) is 0 Å². The summed E-state index contributed by atoms with van der Waals surface area (Å²) in [5.74, 6) is -0.0302. The molecule has 28 heavy (non-hydrogen) atoms. The third-order valence-electron chi connectivity index (χ3n) is 4.72. The summed E-state index contributed by atoms with van der Waals surface area (Å²) in [6.07, 6.45) is 6.56. The molecule has 0 N–H and O–H groups in total. The topological polar surface area (TPSA) is 67.2 Å². The first-order chi connectivity index (χ1) is 13.6. The largest absolute Gasteiger partial charge is 0.353 e. The van der Waals surface area contributed by atoms with Gasteiger partial charge in [0.05, 0.1) is 6.42 Å². The van der Waals surface area contributed by atoms with Crippen LogP contribution in [0.1, 0.15) is 5.56 Å². The Morgan fingerprint density at radius 1 is 1.04 bits per heavy atom. The molecule has 1 aliphatic heterocycles. The maximum atomic E-state index is 13.8. The van der Waals surface area contributed by atoms with Crippen LogP contribution < -0.4 is 4.90 Å². The fourth-order valence-corrected chi connectivity index (χ4v) is 3.17. The zero-order chi connectivity index (χ0) is 19.5. The summed E-state index contributed by atoms with van der Waals surface area (Å²) in [6.45, 7) is 2.23. The molecule has 9 heteroatoms. The number of amides is 1. The van der Waals surface area contributed by atoms with Crippen molar-refractivity contribution in [2.45, 2.75) is 6.42 Å². The van der Waals surface area contributed by atoms with E-state index in [1.807, 2.05) is 6.07 Å². The highest BCUT2D eigenvalue weighted by atomic mass is 19.1. The van der Waals surface area contributed by atoms with Gasteiger partial charge in [-0.1, -0.05) is 6.07 Å². The van der Waals surface area contributed by atoms with Crippen LogP contribution in [0.25, 0.3) is 5.82 Å². The van der Waals surface area contributed by atoms with Crippen molar-refractivity contribution in [3.05, 3.63) is 66.5 Å². The van der Waals surface area contributed by atoms with Gasteiger partial charge in [0.1, 0.15) is 35.9 Å². The number of anilines is 1. The maximum absolute atomic E-state index is 13.8. The van der Waals surface area contributed by atoms with E-state index in [1.165, 1.54) is 12.4 Å². The van der Waals surface area contributed by atoms with Crippen molar-refractivity contribution in [3.8, 4) is 5.82 Å². The molecule has 3 aromatic rings. The molecule has 1 aromatic carbocycles. The normalized spacial score (nSPS) is 14.4. The molecular formula is C19H18F2N6O. The number of hydrogen-bond acceptors (Lipinski definition) is 5. The zero-order valence-corrected chi connectivity index (χ0v) is 15.0. The summed E-state index contributed by atoms with van der Waals surface area (Å²) in [5, 5.41) is 0. The Kier molecular flexibility index (Phi) is 4.96. The Morgan fingerprint density at radius 2 is 1.82 bits per heavy atom. The number of rotatable bonds is 4. The quantitative estimate of drug-likeness (QED) is 0.687. The molecule has 3 heterocycles. The van der Waals surface area contributed by atoms with Crippen molar-refractivity contribution in [2.24, 2.45) is 0 Å². The van der Waals surface area contributed by atoms with Gasteiger partial charge in [0.2, 0.25) is 5.91 Å². The summed E-state index contributed by atoms with van der Waals surface area (Å²) >= 11 is 0. The van der Waals surface area contributed by atoms with Crippen LogP contribution >= 0.6 is 0 Å². The van der Waals surface area contributed by atoms with Crippen LogP contribution in [-0.4, -0.2) is 56.5 Å². The summed E-state index contributed by atoms with van der Waals surface area (Å²) in [6, 6.07) is 5.15. The Hall–Kier alpha value is -3.36. The number of carbonyl (C=O) groups excluding carboxylic acids is 1. The SMILES string of the molecule is O=C(Cc1ccc(F)cc1F)N1CCN(c2cc(-n3ccnc3)ncn2)CC1. The second kappa shape index (κ2) is 7.71. The summed E-state index contributed by atoms with van der Waals surface area (Å²) < 4.78 is 28.6. The van der Waals surface area contributed by atoms with E-state index in [0.717, 1.165) is 18.0 Å². The highest BCUT2D eigenvalue weighted by Crippen LogP contribution is 2.17. The molecule has 1 saturated heterocycles. The van der Waals surface area contributed by atoms with Crippen molar-refractivity contribution >= 4 is 11.7 Å². The van der Waals surface area contributed by atoms with Crippen LogP contribution in [0.2, 0.25) is 0 Å². The van der Waals surface area contributed by atoms with Crippen LogP contribution in [0.15, 0.2) is 49.3 Å². The number of carbonyl (C=O) groups is 1. The second-order valence-electron chi connectivity index (χ2n) is 6.48. The molecule has 7 nitrogen and oxygen atoms in total. The number of piperazine rings is 1. The second-order valence-corrected chi connectivity index (χ2v) is 6.48. The van der Waals surface area contributed by atoms with Gasteiger partial charge in [-0.3, -0.25) is 9.36 Å². The highest BCUT2D eigenvalue weighted by Gasteiger charge is 2.23. The van der Waals surface area contributed by atoms with Gasteiger partial charge in [-0.25, -0.2) is 23.7 Å². The number of aromatic nitrogens is 4. The van der Waals surface area contributed by atoms with E-state index in [1.54, 1.807) is 28.2 Å². The minimum Gasteiger partial charge on any atom is -0.353 e. The Balaban J connectivity index is 1.38. The predicted molar refractivity (Wildman–Crippen MR) is 98.0 cm³/mol. The molecule has 4 rings (SSSR count). The predicted octanol–water partition coefficient (Wildman–Crippen LogP) is 1.83. The maximum Gasteiger partial charge on any atom is 0.227 e. The Bertz CT molecular complexity index is 970. The number of imidazole rings is 1. The van der Waals surface area contributed by atoms with Gasteiger partial charge < -0.3 is 9.80 Å². The molecule has 1 fully saturated rings. The van der Waals surface area contributed by atoms with Gasteiger partial charge >= 0.3 is 0 Å². The molecule has 0 spiro atoms. The average molecular weight is 384 g/mol. The third-order valence-corrected chi connectivity index (χ3v) is 4.72. The van der Waals surface area contributed by atoms with E-state index in [4.69, 9.17) is 0 Å². The Morgan fingerprint density at radius 3 is 2.54 bits per heavy atom. The van der Waals surface area contributed by atoms with Gasteiger partial charge in [-0.15, -0.1) is 0 Å². The molecule has 1 aliphatic rings. The van der Waals surface area contributed by atoms with Gasteiger partial charge in [-0.05, 0) is 11.6 Å². The van der Waals surface area contributed by atoms with Crippen LogP contribution in [0.4, 0.5) is 14.6 Å². The fraction of sp³-hybridized carbons (Fsp3) is 0.263. The van der Waals surface area contributed by atoms with E-state index < -0.39 is 11.6 Å². The third kappa shape index (κ3) is 3.83. The molecule has 0 saturated carbocycles. The molecule has 1 amide bonds. The van der Waals surface area contributed by atoms with Crippen LogP contribution in [0.5, 0.6) is 0 Å². The number of hydrogen-bond donors (Lipinski definition) is 0. The van der Waals surface area contributed by atoms with E-state index in [-0.39, 0.29) is 17.9 Å². The first-order valence-electron chi connectivity index (χ1n) is 8.87. The number of halogens is 2. The minimum atomic E-state index is -0.694. The average Bonchev–Trinajstić information content (AvgIpc) is 3.25. The molecule has 0 atom stereocenters. The lowest BCUT2D eigenvalue weighted by molar-refractivity contribution is -0.130. The lowest BCUT2D eigenvalue weighted by Crippen LogP contribution is -2.49. The summed E-state index contributed by atoms with van der Waals surface area (Å²) in [5.41, 5.74) is 0.203. The number of benzene rings is 1. The van der Waals surface area contributed by atoms with E-state index in [2.05, 4.69) is 19.9 Å². The highest BCUT2D eigenvalue weighted by molar-refractivity contribution is 5.79. The first kappa shape index (κ1) is 18.0. The lowest BCUT2D eigenvalue weighted by Gasteiger charge is -2.35. The van der Waals surface area contributed by atoms with E-state index in [0.29, 0.717) is 32.0 Å². The molecule has 0 aliphatic carbocycles. The first-order valence-corrected chi connectivity index (χ1v) is 8.87. The standard InChI is InChI=1S/C19H18F2N6O/c20-15-2-1-14(16(21)10-15)9-19(28)26-7-5-25(6-8-26)17-11-18(24-12-23-17)27-4-3-22-13-27/h1-4,10-13H,5-9H2. The van der Waals surface area contributed by atoms with Gasteiger partial charge in [0, 0.05) is 50.7 Å². The van der Waals surface area contributed by atoms with Crippen molar-refractivity contribution < 1.29 is 13.6 Å². The van der Waals surface area contributed by atoms with Crippen LogP contribution in [0, 0.1) is 11.6 Å². The van der Waals surface area contributed by atoms with Crippen molar-refractivity contribution in [1.29, 1.82) is 0 Å². The summed E-state index contributed by atoms with van der Waals surface area (Å²) in [7, 11) is 0. The lowest BCUT2D eigenvalue weighted by atomic mass is 10.1. The van der Waals surface area contributed by atoms with E-state index in [9.17, 15) is 13.6 Å². The molecule has 144 valence electrons. The number of nitrogens with zero attached hydrogens (tertiary/aromatic N) is 6. The zero-order valence-electron chi connectivity index (χ0n) is 15.0. The molecule has 0 radical (unpaired) electrons. The molecule has 0 unspecified atom stereocenters. The summed E-state index contributed by atoms with van der Waals surface area (Å²) in [4.78, 5) is 28.8. The molecule has 2 aromatic heterocycles. The van der Waals surface area contributed by atoms with Crippen LogP contribution in [0.3, 0.4) is 0 Å². The van der Waals surface area contributed by atoms with Crippen LogP contribution in [-0.2, 0) is 11.2 Å². The van der Waals surface area contributed by atoms with Gasteiger partial charge in [0.25, 0.3) is 0 Å². The van der Waals surface area contributed by atoms with Crippen molar-refractivity contribution in [1.82, 2.24) is 24.4 Å². The van der Waals surface area contributed by atoms with Crippen molar-refractivity contribution in [2.75, 3.05) is 31.1 Å². The van der Waals surface area contributed by atoms with E-state index >= 15 is 0 Å². The van der Waals surface area contributed by atoms with Gasteiger partial charge in [-0.2, -0.15) is 0 Å². The molecular weight excluding hydrogens is 366 g/mol. The Labute approximate surface area is 160 Å². The molecule has 0 bridgehead atoms. The minimum absolute atomic E-state index is 0.0790.